The molecule has 1 aromatic carbocycles. The first kappa shape index (κ1) is 13.0. The summed E-state index contributed by atoms with van der Waals surface area (Å²) in [5.41, 5.74) is 3.30. The van der Waals surface area contributed by atoms with E-state index in [-0.39, 0.29) is 5.69 Å². The van der Waals surface area contributed by atoms with Gasteiger partial charge < -0.3 is 5.32 Å². The summed E-state index contributed by atoms with van der Waals surface area (Å²) < 4.78 is 0. The Hall–Kier alpha value is -2.43. The van der Waals surface area contributed by atoms with Crippen LogP contribution in [0.25, 0.3) is 11.3 Å². The van der Waals surface area contributed by atoms with Gasteiger partial charge in [-0.05, 0) is 25.5 Å². The van der Waals surface area contributed by atoms with Gasteiger partial charge in [-0.3, -0.25) is 10.1 Å². The minimum absolute atomic E-state index is 0.0194. The maximum Gasteiger partial charge on any atom is 0.295 e. The maximum absolute atomic E-state index is 11.1. The van der Waals surface area contributed by atoms with E-state index in [0.29, 0.717) is 11.5 Å². The van der Waals surface area contributed by atoms with E-state index in [1.54, 1.807) is 13.1 Å². The molecule has 0 aliphatic heterocycles. The molecule has 0 aliphatic carbocycles. The molecule has 0 saturated carbocycles. The van der Waals surface area contributed by atoms with Crippen molar-refractivity contribution in [3.63, 3.8) is 0 Å². The summed E-state index contributed by atoms with van der Waals surface area (Å²) in [6, 6.07) is 8.88. The Morgan fingerprint density at radius 3 is 2.53 bits per heavy atom. The molecule has 5 nitrogen and oxygen atoms in total. The van der Waals surface area contributed by atoms with Crippen molar-refractivity contribution in [2.45, 2.75) is 13.8 Å². The molecule has 0 fully saturated rings. The Bertz CT molecular complexity index is 639. The first-order valence-corrected chi connectivity index (χ1v) is 5.93. The van der Waals surface area contributed by atoms with E-state index in [2.05, 4.69) is 10.3 Å². The van der Waals surface area contributed by atoms with Crippen LogP contribution in [0.2, 0.25) is 0 Å². The monoisotopic (exact) mass is 257 g/mol. The van der Waals surface area contributed by atoms with E-state index in [1.165, 1.54) is 6.07 Å². The number of hydrogen-bond acceptors (Lipinski definition) is 4. The van der Waals surface area contributed by atoms with Crippen molar-refractivity contribution in [2.75, 3.05) is 12.4 Å². The minimum Gasteiger partial charge on any atom is -0.373 e. The lowest BCUT2D eigenvalue weighted by Gasteiger charge is -2.08. The molecule has 98 valence electrons. The molecule has 0 aliphatic rings. The molecule has 0 unspecified atom stereocenters. The lowest BCUT2D eigenvalue weighted by molar-refractivity contribution is -0.384. The van der Waals surface area contributed by atoms with Crippen LogP contribution in [0.4, 0.5) is 11.5 Å². The lowest BCUT2D eigenvalue weighted by atomic mass is 10.0. The highest BCUT2D eigenvalue weighted by Crippen LogP contribution is 2.31. The van der Waals surface area contributed by atoms with Gasteiger partial charge in [0.15, 0.2) is 5.69 Å². The molecule has 0 radical (unpaired) electrons. The zero-order valence-electron chi connectivity index (χ0n) is 11.1. The van der Waals surface area contributed by atoms with Crippen LogP contribution >= 0.6 is 0 Å². The molecule has 2 aromatic rings. The number of benzene rings is 1. The van der Waals surface area contributed by atoms with Crippen molar-refractivity contribution in [1.29, 1.82) is 0 Å². The largest absolute Gasteiger partial charge is 0.373 e. The average Bonchev–Trinajstić information content (AvgIpc) is 2.38. The summed E-state index contributed by atoms with van der Waals surface area (Å²) in [5.74, 6) is 0.612. The van der Waals surface area contributed by atoms with Crippen molar-refractivity contribution in [3.8, 4) is 11.3 Å². The zero-order valence-corrected chi connectivity index (χ0v) is 11.1. The van der Waals surface area contributed by atoms with E-state index in [9.17, 15) is 10.1 Å². The second-order valence-corrected chi connectivity index (χ2v) is 4.39. The number of anilines is 1. The van der Waals surface area contributed by atoms with Gasteiger partial charge in [-0.1, -0.05) is 23.8 Å². The molecule has 1 aromatic heterocycles. The van der Waals surface area contributed by atoms with Crippen molar-refractivity contribution in [2.24, 2.45) is 0 Å². The fourth-order valence-corrected chi connectivity index (χ4v) is 2.02. The molecular formula is C14H15N3O2. The zero-order chi connectivity index (χ0) is 14.0. The molecule has 0 saturated heterocycles. The fourth-order valence-electron chi connectivity index (χ4n) is 2.02. The van der Waals surface area contributed by atoms with Crippen LogP contribution in [-0.4, -0.2) is 17.0 Å². The number of rotatable bonds is 3. The van der Waals surface area contributed by atoms with Gasteiger partial charge in [0.2, 0.25) is 0 Å². The molecule has 5 heteroatoms. The summed E-state index contributed by atoms with van der Waals surface area (Å²) in [6.07, 6.45) is 0. The highest BCUT2D eigenvalue weighted by Gasteiger charge is 2.18. The SMILES string of the molecule is CNc1ccc([N+](=O)[O-])c(-c2ccc(C)cc2C)n1. The number of nitrogens with one attached hydrogen (secondary N) is 1. The third kappa shape index (κ3) is 2.54. The number of hydrogen-bond donors (Lipinski definition) is 1. The minimum atomic E-state index is -0.402. The van der Waals surface area contributed by atoms with Gasteiger partial charge in [-0.2, -0.15) is 0 Å². The summed E-state index contributed by atoms with van der Waals surface area (Å²) in [5, 5.41) is 14.0. The van der Waals surface area contributed by atoms with E-state index in [4.69, 9.17) is 0 Å². The van der Waals surface area contributed by atoms with Gasteiger partial charge in [0.05, 0.1) is 4.92 Å². The smallest absolute Gasteiger partial charge is 0.295 e. The standard InChI is InChI=1S/C14H15N3O2/c1-9-4-5-11(10(2)8-9)14-12(17(18)19)6-7-13(15-3)16-14/h4-8H,1-3H3,(H,15,16). The quantitative estimate of drug-likeness (QED) is 0.676. The summed E-state index contributed by atoms with van der Waals surface area (Å²) >= 11 is 0. The Balaban J connectivity index is 2.68. The van der Waals surface area contributed by atoms with Crippen LogP contribution in [0.1, 0.15) is 11.1 Å². The number of nitrogens with zero attached hydrogens (tertiary/aromatic N) is 2. The third-order valence-corrected chi connectivity index (χ3v) is 2.96. The second kappa shape index (κ2) is 5.06. The second-order valence-electron chi connectivity index (χ2n) is 4.39. The Kier molecular flexibility index (Phi) is 3.46. The maximum atomic E-state index is 11.1. The van der Waals surface area contributed by atoms with E-state index >= 15 is 0 Å². The Morgan fingerprint density at radius 1 is 1.21 bits per heavy atom. The first-order chi connectivity index (χ1) is 9.02. The van der Waals surface area contributed by atoms with Gasteiger partial charge >= 0.3 is 0 Å². The van der Waals surface area contributed by atoms with Crippen molar-refractivity contribution >= 4 is 11.5 Å². The van der Waals surface area contributed by atoms with Gasteiger partial charge in [0.1, 0.15) is 5.82 Å². The number of pyridine rings is 1. The molecule has 0 bridgehead atoms. The van der Waals surface area contributed by atoms with Crippen LogP contribution in [0.3, 0.4) is 0 Å². The highest BCUT2D eigenvalue weighted by atomic mass is 16.6. The molecular weight excluding hydrogens is 242 g/mol. The number of nitro groups is 1. The molecule has 0 atom stereocenters. The third-order valence-electron chi connectivity index (χ3n) is 2.96. The van der Waals surface area contributed by atoms with Gasteiger partial charge in [-0.25, -0.2) is 4.98 Å². The topological polar surface area (TPSA) is 68.1 Å². The molecule has 0 spiro atoms. The summed E-state index contributed by atoms with van der Waals surface area (Å²) in [4.78, 5) is 15.0. The van der Waals surface area contributed by atoms with Crippen LogP contribution in [0.15, 0.2) is 30.3 Å². The lowest BCUT2D eigenvalue weighted by Crippen LogP contribution is -2.00. The molecule has 1 heterocycles. The Labute approximate surface area is 111 Å². The van der Waals surface area contributed by atoms with Crippen molar-refractivity contribution in [3.05, 3.63) is 51.6 Å². The fraction of sp³-hybridized carbons (Fsp3) is 0.214. The summed E-state index contributed by atoms with van der Waals surface area (Å²) in [6.45, 7) is 3.92. The van der Waals surface area contributed by atoms with E-state index in [1.807, 2.05) is 32.0 Å². The predicted octanol–water partition coefficient (Wildman–Crippen LogP) is 3.32. The van der Waals surface area contributed by atoms with Crippen LogP contribution in [-0.2, 0) is 0 Å². The molecule has 1 N–H and O–H groups in total. The van der Waals surface area contributed by atoms with Gasteiger partial charge in [-0.15, -0.1) is 0 Å². The van der Waals surface area contributed by atoms with Crippen LogP contribution in [0.5, 0.6) is 0 Å². The molecule has 2 rings (SSSR count). The normalized spacial score (nSPS) is 10.3. The van der Waals surface area contributed by atoms with Crippen LogP contribution in [0, 0.1) is 24.0 Å². The van der Waals surface area contributed by atoms with Crippen LogP contribution < -0.4 is 5.32 Å². The van der Waals surface area contributed by atoms with Crippen molar-refractivity contribution in [1.82, 2.24) is 4.98 Å². The van der Waals surface area contributed by atoms with Gasteiger partial charge in [0.25, 0.3) is 5.69 Å². The summed E-state index contributed by atoms with van der Waals surface area (Å²) in [7, 11) is 1.74. The number of aromatic nitrogens is 1. The first-order valence-electron chi connectivity index (χ1n) is 5.93. The molecule has 19 heavy (non-hydrogen) atoms. The highest BCUT2D eigenvalue weighted by molar-refractivity contribution is 5.74. The Morgan fingerprint density at radius 2 is 1.95 bits per heavy atom. The average molecular weight is 257 g/mol. The van der Waals surface area contributed by atoms with E-state index < -0.39 is 4.92 Å². The van der Waals surface area contributed by atoms with Crippen molar-refractivity contribution < 1.29 is 4.92 Å². The molecule has 0 amide bonds. The van der Waals surface area contributed by atoms with Gasteiger partial charge in [0, 0.05) is 18.7 Å². The predicted molar refractivity (Wildman–Crippen MR) is 75.3 cm³/mol. The number of aryl methyl sites for hydroxylation is 2. The van der Waals surface area contributed by atoms with E-state index in [0.717, 1.165) is 16.7 Å².